The summed E-state index contributed by atoms with van der Waals surface area (Å²) < 4.78 is 5.55. The number of ketones is 1. The zero-order chi connectivity index (χ0) is 10.3. The van der Waals surface area contributed by atoms with E-state index < -0.39 is 0 Å². The molecule has 0 aromatic carbocycles. The minimum atomic E-state index is 0.0419. The molecule has 78 valence electrons. The van der Waals surface area contributed by atoms with Gasteiger partial charge in [0.25, 0.3) is 0 Å². The topological polar surface area (TPSA) is 26.3 Å². The molecule has 3 rings (SSSR count). The lowest BCUT2D eigenvalue weighted by Gasteiger charge is -2.25. The van der Waals surface area contributed by atoms with E-state index in [9.17, 15) is 4.79 Å². The fourth-order valence-corrected chi connectivity index (χ4v) is 3.36. The molecule has 1 aliphatic heterocycles. The van der Waals surface area contributed by atoms with E-state index in [0.717, 1.165) is 25.2 Å². The van der Waals surface area contributed by atoms with Crippen LogP contribution >= 0.6 is 11.3 Å². The molecule has 0 bridgehead atoms. The first kappa shape index (κ1) is 9.16. The van der Waals surface area contributed by atoms with Crippen molar-refractivity contribution in [3.63, 3.8) is 0 Å². The molecule has 2 heterocycles. The summed E-state index contributed by atoms with van der Waals surface area (Å²) in [7, 11) is 0. The Balaban J connectivity index is 1.95. The van der Waals surface area contributed by atoms with Crippen LogP contribution in [0.25, 0.3) is 0 Å². The zero-order valence-electron chi connectivity index (χ0n) is 8.31. The summed E-state index contributed by atoms with van der Waals surface area (Å²) >= 11 is 1.67. The van der Waals surface area contributed by atoms with Crippen LogP contribution in [-0.4, -0.2) is 12.4 Å². The maximum Gasteiger partial charge on any atom is 0.168 e. The molecule has 0 saturated carbocycles. The van der Waals surface area contributed by atoms with Crippen LogP contribution in [0.5, 0.6) is 0 Å². The van der Waals surface area contributed by atoms with Crippen LogP contribution in [0.1, 0.15) is 23.6 Å². The van der Waals surface area contributed by atoms with Gasteiger partial charge in [0.1, 0.15) is 5.76 Å². The van der Waals surface area contributed by atoms with E-state index in [2.05, 4.69) is 6.07 Å². The highest BCUT2D eigenvalue weighted by Gasteiger charge is 2.40. The summed E-state index contributed by atoms with van der Waals surface area (Å²) in [6.45, 7) is 0.771. The van der Waals surface area contributed by atoms with E-state index in [-0.39, 0.29) is 11.7 Å². The summed E-state index contributed by atoms with van der Waals surface area (Å²) in [5.41, 5.74) is 0. The fraction of sp³-hybridized carbons (Fsp3) is 0.417. The maximum atomic E-state index is 11.9. The zero-order valence-corrected chi connectivity index (χ0v) is 9.13. The number of thiophene rings is 1. The molecule has 2 aliphatic rings. The lowest BCUT2D eigenvalue weighted by Crippen LogP contribution is -2.19. The first-order chi connectivity index (χ1) is 7.36. The second-order valence-electron chi connectivity index (χ2n) is 4.04. The number of rotatable bonds is 1. The number of ether oxygens (including phenoxy) is 1. The Morgan fingerprint density at radius 1 is 1.47 bits per heavy atom. The van der Waals surface area contributed by atoms with Crippen LogP contribution in [0, 0.1) is 5.92 Å². The van der Waals surface area contributed by atoms with Crippen molar-refractivity contribution in [2.24, 2.45) is 5.92 Å². The molecule has 0 spiro atoms. The largest absolute Gasteiger partial charge is 0.497 e. The molecule has 2 nitrogen and oxygen atoms in total. The van der Waals surface area contributed by atoms with Crippen molar-refractivity contribution in [3.8, 4) is 0 Å². The van der Waals surface area contributed by atoms with Gasteiger partial charge in [0.15, 0.2) is 5.78 Å². The molecule has 0 radical (unpaired) electrons. The van der Waals surface area contributed by atoms with Crippen molar-refractivity contribution < 1.29 is 9.53 Å². The molecule has 1 fully saturated rings. The van der Waals surface area contributed by atoms with Gasteiger partial charge in [0, 0.05) is 16.9 Å². The van der Waals surface area contributed by atoms with Gasteiger partial charge in [-0.05, 0) is 24.3 Å². The van der Waals surface area contributed by atoms with Crippen molar-refractivity contribution in [1.29, 1.82) is 0 Å². The van der Waals surface area contributed by atoms with Gasteiger partial charge in [0.05, 0.1) is 12.5 Å². The first-order valence-corrected chi connectivity index (χ1v) is 6.16. The van der Waals surface area contributed by atoms with Gasteiger partial charge in [-0.2, -0.15) is 0 Å². The molecule has 2 unspecified atom stereocenters. The summed E-state index contributed by atoms with van der Waals surface area (Å²) in [6.07, 6.45) is 3.85. The van der Waals surface area contributed by atoms with E-state index in [4.69, 9.17) is 4.74 Å². The minimum Gasteiger partial charge on any atom is -0.497 e. The molecule has 0 N–H and O–H groups in total. The van der Waals surface area contributed by atoms with Crippen molar-refractivity contribution in [1.82, 2.24) is 0 Å². The number of carbonyl (C=O) groups is 1. The number of hydrogen-bond donors (Lipinski definition) is 0. The van der Waals surface area contributed by atoms with Gasteiger partial charge < -0.3 is 4.74 Å². The Hall–Kier alpha value is -1.09. The number of allylic oxidation sites excluding steroid dienone is 2. The monoisotopic (exact) mass is 220 g/mol. The average Bonchev–Trinajstić information content (AvgIpc) is 2.82. The molecule has 2 atom stereocenters. The summed E-state index contributed by atoms with van der Waals surface area (Å²) in [4.78, 5) is 13.1. The molecule has 3 heteroatoms. The van der Waals surface area contributed by atoms with Gasteiger partial charge in [-0.3, -0.25) is 4.79 Å². The highest BCUT2D eigenvalue weighted by atomic mass is 32.1. The van der Waals surface area contributed by atoms with Crippen LogP contribution in [-0.2, 0) is 9.53 Å². The molecule has 1 aromatic heterocycles. The van der Waals surface area contributed by atoms with Gasteiger partial charge in [-0.15, -0.1) is 11.3 Å². The van der Waals surface area contributed by atoms with E-state index in [0.29, 0.717) is 5.92 Å². The molecular formula is C12H12O2S. The Bertz CT molecular complexity index is 405. The average molecular weight is 220 g/mol. The Morgan fingerprint density at radius 3 is 3.20 bits per heavy atom. The van der Waals surface area contributed by atoms with Crippen LogP contribution < -0.4 is 0 Å². The molecular weight excluding hydrogens is 208 g/mol. The standard InChI is InChI=1S/C12H12O2S/c13-9-7-10-8(3-1-5-14-10)12(9)11-4-2-6-15-11/h2,4,6-8,12H,1,3,5H2. The van der Waals surface area contributed by atoms with Crippen LogP contribution in [0.4, 0.5) is 0 Å². The van der Waals surface area contributed by atoms with Crippen LogP contribution in [0.15, 0.2) is 29.3 Å². The van der Waals surface area contributed by atoms with Crippen molar-refractivity contribution >= 4 is 17.1 Å². The number of fused-ring (bicyclic) bond motifs is 1. The third-order valence-electron chi connectivity index (χ3n) is 3.14. The van der Waals surface area contributed by atoms with E-state index in [1.165, 1.54) is 4.88 Å². The van der Waals surface area contributed by atoms with Crippen LogP contribution in [0.3, 0.4) is 0 Å². The van der Waals surface area contributed by atoms with E-state index in [1.54, 1.807) is 17.4 Å². The lowest BCUT2D eigenvalue weighted by molar-refractivity contribution is -0.116. The highest BCUT2D eigenvalue weighted by molar-refractivity contribution is 7.10. The van der Waals surface area contributed by atoms with E-state index >= 15 is 0 Å². The van der Waals surface area contributed by atoms with Gasteiger partial charge in [-0.25, -0.2) is 0 Å². The van der Waals surface area contributed by atoms with E-state index in [1.807, 2.05) is 11.4 Å². The van der Waals surface area contributed by atoms with Gasteiger partial charge >= 0.3 is 0 Å². The smallest absolute Gasteiger partial charge is 0.168 e. The van der Waals surface area contributed by atoms with Gasteiger partial charge in [-0.1, -0.05) is 6.07 Å². The molecule has 15 heavy (non-hydrogen) atoms. The predicted molar refractivity (Wildman–Crippen MR) is 58.8 cm³/mol. The summed E-state index contributed by atoms with van der Waals surface area (Å²) in [6, 6.07) is 4.06. The summed E-state index contributed by atoms with van der Waals surface area (Å²) in [5, 5.41) is 2.03. The first-order valence-electron chi connectivity index (χ1n) is 5.28. The molecule has 1 saturated heterocycles. The third-order valence-corrected chi connectivity index (χ3v) is 4.09. The number of hydrogen-bond acceptors (Lipinski definition) is 3. The summed E-state index contributed by atoms with van der Waals surface area (Å²) in [5.74, 6) is 1.49. The van der Waals surface area contributed by atoms with Crippen LogP contribution in [0.2, 0.25) is 0 Å². The molecule has 1 aliphatic carbocycles. The van der Waals surface area contributed by atoms with Gasteiger partial charge in [0.2, 0.25) is 0 Å². The Morgan fingerprint density at radius 2 is 2.40 bits per heavy atom. The van der Waals surface area contributed by atoms with Crippen molar-refractivity contribution in [3.05, 3.63) is 34.2 Å². The maximum absolute atomic E-state index is 11.9. The minimum absolute atomic E-state index is 0.0419. The SMILES string of the molecule is O=C1C=C2OCCCC2C1c1cccs1. The normalized spacial score (nSPS) is 29.6. The second-order valence-corrected chi connectivity index (χ2v) is 5.02. The Labute approximate surface area is 92.6 Å². The number of carbonyl (C=O) groups excluding carboxylic acids is 1. The van der Waals surface area contributed by atoms with Crippen molar-refractivity contribution in [2.75, 3.05) is 6.61 Å². The van der Waals surface area contributed by atoms with Crippen molar-refractivity contribution in [2.45, 2.75) is 18.8 Å². The lowest BCUT2D eigenvalue weighted by atomic mass is 9.87. The molecule has 1 aromatic rings. The third kappa shape index (κ3) is 1.42. The predicted octanol–water partition coefficient (Wildman–Crippen LogP) is 2.72. The second kappa shape index (κ2) is 3.49. The molecule has 0 amide bonds. The fourth-order valence-electron chi connectivity index (χ4n) is 2.46. The highest BCUT2D eigenvalue weighted by Crippen LogP contribution is 2.43. The quantitative estimate of drug-likeness (QED) is 0.727. The Kier molecular flexibility index (Phi) is 2.13.